The Kier molecular flexibility index (Phi) is 4.48. The molecule has 0 aliphatic heterocycles. The number of aromatic nitrogens is 2. The molecule has 0 bridgehead atoms. The number of hydrogen-bond acceptors (Lipinski definition) is 6. The summed E-state index contributed by atoms with van der Waals surface area (Å²) in [6.45, 7) is 1.75. The summed E-state index contributed by atoms with van der Waals surface area (Å²) in [5.41, 5.74) is 1.39. The van der Waals surface area contributed by atoms with Gasteiger partial charge in [-0.2, -0.15) is 5.26 Å². The second-order valence-electron chi connectivity index (χ2n) is 4.36. The summed E-state index contributed by atoms with van der Waals surface area (Å²) in [5.74, 6) is 0. The van der Waals surface area contributed by atoms with Crippen LogP contribution < -0.4 is 11.0 Å². The van der Waals surface area contributed by atoms with E-state index in [0.717, 1.165) is 0 Å². The number of nitrogens with zero attached hydrogens (tertiary/aromatic N) is 2. The Bertz CT molecular complexity index is 783. The summed E-state index contributed by atoms with van der Waals surface area (Å²) in [6, 6.07) is 6.60. The number of nitrogens with one attached hydrogen (secondary N) is 1. The third kappa shape index (κ3) is 3.00. The summed E-state index contributed by atoms with van der Waals surface area (Å²) in [7, 11) is -1.57. The topological polar surface area (TPSA) is 110 Å². The number of thioether (sulfide) groups is 1. The SMILES string of the molecule is CSc1nc(-c2ccc(B(O)O)cc2C)c(C#N)c(=O)[nH]1. The number of benzene rings is 1. The lowest BCUT2D eigenvalue weighted by atomic mass is 9.78. The van der Waals surface area contributed by atoms with Crippen molar-refractivity contribution in [2.24, 2.45) is 0 Å². The van der Waals surface area contributed by atoms with Crippen LogP contribution in [0.2, 0.25) is 0 Å². The highest BCUT2D eigenvalue weighted by Crippen LogP contribution is 2.23. The zero-order chi connectivity index (χ0) is 15.6. The molecule has 0 aliphatic carbocycles. The Morgan fingerprint density at radius 1 is 1.43 bits per heavy atom. The lowest BCUT2D eigenvalue weighted by Crippen LogP contribution is -2.29. The minimum atomic E-state index is -1.57. The van der Waals surface area contributed by atoms with Crippen molar-refractivity contribution in [2.45, 2.75) is 12.1 Å². The number of nitriles is 1. The normalized spacial score (nSPS) is 10.2. The summed E-state index contributed by atoms with van der Waals surface area (Å²) in [5, 5.41) is 27.9. The van der Waals surface area contributed by atoms with Gasteiger partial charge < -0.3 is 15.0 Å². The smallest absolute Gasteiger partial charge is 0.423 e. The molecular weight excluding hydrogens is 289 g/mol. The van der Waals surface area contributed by atoms with E-state index in [1.165, 1.54) is 17.8 Å². The highest BCUT2D eigenvalue weighted by molar-refractivity contribution is 7.98. The lowest BCUT2D eigenvalue weighted by molar-refractivity contribution is 0.426. The quantitative estimate of drug-likeness (QED) is 0.419. The van der Waals surface area contributed by atoms with Gasteiger partial charge in [-0.25, -0.2) is 4.98 Å². The van der Waals surface area contributed by atoms with Gasteiger partial charge in [0, 0.05) is 5.56 Å². The molecule has 1 aromatic heterocycles. The summed E-state index contributed by atoms with van der Waals surface area (Å²) in [6.07, 6.45) is 1.77. The number of aromatic amines is 1. The maximum Gasteiger partial charge on any atom is 0.488 e. The van der Waals surface area contributed by atoms with E-state index < -0.39 is 12.7 Å². The van der Waals surface area contributed by atoms with Crippen LogP contribution in [0.5, 0.6) is 0 Å². The molecule has 0 atom stereocenters. The van der Waals surface area contributed by atoms with Crippen LogP contribution in [0.15, 0.2) is 28.2 Å². The van der Waals surface area contributed by atoms with Gasteiger partial charge in [-0.1, -0.05) is 30.0 Å². The molecule has 1 aromatic carbocycles. The van der Waals surface area contributed by atoms with Gasteiger partial charge in [0.05, 0.1) is 5.69 Å². The predicted octanol–water partition coefficient (Wildman–Crippen LogP) is 0.0187. The molecule has 3 N–H and O–H groups in total. The van der Waals surface area contributed by atoms with Crippen molar-refractivity contribution < 1.29 is 10.0 Å². The fraction of sp³-hybridized carbons (Fsp3) is 0.154. The molecule has 2 aromatic rings. The van der Waals surface area contributed by atoms with Crippen LogP contribution in [-0.2, 0) is 0 Å². The van der Waals surface area contributed by atoms with Crippen molar-refractivity contribution in [2.75, 3.05) is 6.26 Å². The number of aryl methyl sites for hydroxylation is 1. The van der Waals surface area contributed by atoms with Gasteiger partial charge in [0.25, 0.3) is 5.56 Å². The maximum absolute atomic E-state index is 11.9. The van der Waals surface area contributed by atoms with E-state index in [-0.39, 0.29) is 5.56 Å². The second-order valence-corrected chi connectivity index (χ2v) is 5.15. The lowest BCUT2D eigenvalue weighted by Gasteiger charge is -2.10. The molecule has 0 unspecified atom stereocenters. The molecule has 0 saturated heterocycles. The molecular formula is C13H12BN3O3S. The molecule has 0 aliphatic rings. The molecule has 2 rings (SSSR count). The van der Waals surface area contributed by atoms with Crippen LogP contribution >= 0.6 is 11.8 Å². The highest BCUT2D eigenvalue weighted by atomic mass is 32.2. The zero-order valence-electron chi connectivity index (χ0n) is 11.4. The van der Waals surface area contributed by atoms with Crippen LogP contribution in [-0.4, -0.2) is 33.4 Å². The van der Waals surface area contributed by atoms with Gasteiger partial charge >= 0.3 is 7.12 Å². The van der Waals surface area contributed by atoms with E-state index in [1.807, 2.05) is 6.07 Å². The van der Waals surface area contributed by atoms with E-state index in [2.05, 4.69) is 9.97 Å². The first-order valence-electron chi connectivity index (χ1n) is 6.03. The summed E-state index contributed by atoms with van der Waals surface area (Å²) < 4.78 is 0. The molecule has 8 heteroatoms. The number of H-pyrrole nitrogens is 1. The maximum atomic E-state index is 11.9. The Labute approximate surface area is 125 Å². The monoisotopic (exact) mass is 301 g/mol. The van der Waals surface area contributed by atoms with Crippen molar-refractivity contribution in [3.05, 3.63) is 39.7 Å². The molecule has 0 spiro atoms. The Hall–Kier alpha value is -2.08. The first-order valence-corrected chi connectivity index (χ1v) is 7.26. The zero-order valence-corrected chi connectivity index (χ0v) is 12.2. The van der Waals surface area contributed by atoms with Crippen LogP contribution in [0.3, 0.4) is 0 Å². The van der Waals surface area contributed by atoms with E-state index in [1.54, 1.807) is 25.3 Å². The Morgan fingerprint density at radius 3 is 2.67 bits per heavy atom. The summed E-state index contributed by atoms with van der Waals surface area (Å²) >= 11 is 1.27. The minimum Gasteiger partial charge on any atom is -0.423 e. The van der Waals surface area contributed by atoms with Crippen LogP contribution in [0, 0.1) is 18.3 Å². The van der Waals surface area contributed by atoms with Gasteiger partial charge in [-0.15, -0.1) is 0 Å². The third-order valence-electron chi connectivity index (χ3n) is 3.01. The minimum absolute atomic E-state index is 0.0619. The molecule has 0 fully saturated rings. The van der Waals surface area contributed by atoms with E-state index in [4.69, 9.17) is 15.3 Å². The van der Waals surface area contributed by atoms with Gasteiger partial charge in [0.2, 0.25) is 0 Å². The molecule has 6 nitrogen and oxygen atoms in total. The predicted molar refractivity (Wildman–Crippen MR) is 81.4 cm³/mol. The Morgan fingerprint density at radius 2 is 2.14 bits per heavy atom. The standard InChI is InChI=1S/C13H12BN3O3S/c1-7-5-8(14(19)20)3-4-9(7)11-10(6-15)12(18)17-13(16-11)21-2/h3-5,19-20H,1-2H3,(H,16,17,18). The fourth-order valence-electron chi connectivity index (χ4n) is 1.96. The van der Waals surface area contributed by atoms with E-state index in [0.29, 0.717) is 27.4 Å². The van der Waals surface area contributed by atoms with E-state index in [9.17, 15) is 4.79 Å². The Balaban J connectivity index is 2.69. The second kappa shape index (κ2) is 6.14. The van der Waals surface area contributed by atoms with Crippen molar-refractivity contribution in [1.82, 2.24) is 9.97 Å². The van der Waals surface area contributed by atoms with Gasteiger partial charge in [0.15, 0.2) is 5.16 Å². The molecule has 0 saturated carbocycles. The van der Waals surface area contributed by atoms with Crippen LogP contribution in [0.1, 0.15) is 11.1 Å². The fourth-order valence-corrected chi connectivity index (χ4v) is 2.34. The number of hydrogen-bond donors (Lipinski definition) is 3. The first-order chi connectivity index (χ1) is 9.97. The van der Waals surface area contributed by atoms with Crippen molar-refractivity contribution in [1.29, 1.82) is 5.26 Å². The van der Waals surface area contributed by atoms with Crippen molar-refractivity contribution >= 4 is 24.3 Å². The average Bonchev–Trinajstić information content (AvgIpc) is 2.46. The number of rotatable bonds is 3. The molecule has 21 heavy (non-hydrogen) atoms. The van der Waals surface area contributed by atoms with E-state index >= 15 is 0 Å². The van der Waals surface area contributed by atoms with Crippen LogP contribution in [0.4, 0.5) is 0 Å². The molecule has 106 valence electrons. The largest absolute Gasteiger partial charge is 0.488 e. The van der Waals surface area contributed by atoms with Crippen molar-refractivity contribution in [3.8, 4) is 17.3 Å². The van der Waals surface area contributed by atoms with Gasteiger partial charge in [-0.05, 0) is 24.2 Å². The van der Waals surface area contributed by atoms with Gasteiger partial charge in [0.1, 0.15) is 11.6 Å². The molecule has 0 amide bonds. The van der Waals surface area contributed by atoms with Crippen molar-refractivity contribution in [3.63, 3.8) is 0 Å². The first kappa shape index (κ1) is 15.3. The molecule has 0 radical (unpaired) electrons. The summed E-state index contributed by atoms with van der Waals surface area (Å²) in [4.78, 5) is 18.7. The molecule has 1 heterocycles. The highest BCUT2D eigenvalue weighted by Gasteiger charge is 2.17. The van der Waals surface area contributed by atoms with Crippen LogP contribution in [0.25, 0.3) is 11.3 Å². The third-order valence-corrected chi connectivity index (χ3v) is 3.59. The van der Waals surface area contributed by atoms with Gasteiger partial charge in [-0.3, -0.25) is 4.79 Å². The average molecular weight is 301 g/mol.